The number of anilines is 1. The molecule has 0 bridgehead atoms. The first kappa shape index (κ1) is 35.5. The second kappa shape index (κ2) is 15.7. The van der Waals surface area contributed by atoms with E-state index in [2.05, 4.69) is 25.3 Å². The molecule has 12 heteroatoms. The molecule has 3 aliphatic rings. The third-order valence-electron chi connectivity index (χ3n) is 10.7. The Kier molecular flexibility index (Phi) is 11.4. The summed E-state index contributed by atoms with van der Waals surface area (Å²) in [5.74, 6) is 0.717. The Morgan fingerprint density at radius 2 is 1.80 bits per heavy atom. The summed E-state index contributed by atoms with van der Waals surface area (Å²) in [4.78, 5) is 39.6. The van der Waals surface area contributed by atoms with Gasteiger partial charge in [0.15, 0.2) is 11.6 Å². The number of nitrogens with zero attached hydrogens (tertiary/aromatic N) is 5. The van der Waals surface area contributed by atoms with E-state index < -0.39 is 18.1 Å². The number of rotatable bonds is 11. The molecule has 0 aliphatic carbocycles. The van der Waals surface area contributed by atoms with Crippen LogP contribution in [-0.2, 0) is 14.3 Å². The largest absolute Gasteiger partial charge is 0.391 e. The number of aromatic nitrogens is 2. The monoisotopic (exact) mass is 692 g/mol. The summed E-state index contributed by atoms with van der Waals surface area (Å²) in [7, 11) is 1.81. The first-order chi connectivity index (χ1) is 23.6. The summed E-state index contributed by atoms with van der Waals surface area (Å²) in [6, 6.07) is 8.96. The minimum absolute atomic E-state index is 0.0950. The average Bonchev–Trinajstić information content (AvgIpc) is 3.85. The molecule has 2 amide bonds. The molecule has 0 spiro atoms. The van der Waals surface area contributed by atoms with Gasteiger partial charge >= 0.3 is 0 Å². The van der Waals surface area contributed by atoms with E-state index in [9.17, 15) is 14.7 Å². The lowest BCUT2D eigenvalue weighted by molar-refractivity contribution is -0.141. The molecule has 3 aromatic rings. The van der Waals surface area contributed by atoms with Crippen LogP contribution in [0.1, 0.15) is 81.9 Å². The Morgan fingerprint density at radius 1 is 1.08 bits per heavy atom. The Labute approximate surface area is 294 Å². The molecule has 1 aromatic carbocycles. The SMILES string of the molecule is COC1CCN(CC2CCN(c3cc([C@H](C(=O)N4C[C@H](O)C[C@H]4C(=O)N[C@@H](C)c4ccc(-c5scnc5C)cc4)C(C)C)on3)CC2)CC1. The van der Waals surface area contributed by atoms with Gasteiger partial charge in [0.05, 0.1) is 34.3 Å². The number of ether oxygens (including phenoxy) is 1. The van der Waals surface area contributed by atoms with Gasteiger partial charge in [0.25, 0.3) is 0 Å². The third-order valence-corrected chi connectivity index (χ3v) is 11.7. The zero-order valence-electron chi connectivity index (χ0n) is 29.5. The van der Waals surface area contributed by atoms with Crippen LogP contribution >= 0.6 is 11.3 Å². The van der Waals surface area contributed by atoms with E-state index in [1.165, 1.54) is 4.90 Å². The van der Waals surface area contributed by atoms with Crippen LogP contribution in [0.4, 0.5) is 5.82 Å². The lowest BCUT2D eigenvalue weighted by Crippen LogP contribution is -2.48. The van der Waals surface area contributed by atoms with Crippen molar-refractivity contribution in [2.45, 2.75) is 90.0 Å². The van der Waals surface area contributed by atoms with Gasteiger partial charge in [-0.3, -0.25) is 9.59 Å². The molecule has 4 atom stereocenters. The number of likely N-dealkylation sites (tertiary alicyclic amines) is 2. The normalized spacial score (nSPS) is 22.5. The van der Waals surface area contributed by atoms with Gasteiger partial charge in [0.2, 0.25) is 11.8 Å². The molecule has 3 saturated heterocycles. The van der Waals surface area contributed by atoms with Crippen LogP contribution in [0, 0.1) is 18.8 Å². The molecule has 0 unspecified atom stereocenters. The van der Waals surface area contributed by atoms with Crippen LogP contribution in [0.2, 0.25) is 0 Å². The number of amides is 2. The molecule has 49 heavy (non-hydrogen) atoms. The highest BCUT2D eigenvalue weighted by Gasteiger charge is 2.43. The Balaban J connectivity index is 1.06. The molecule has 0 saturated carbocycles. The van der Waals surface area contributed by atoms with Crippen LogP contribution < -0.4 is 10.2 Å². The minimum atomic E-state index is -0.775. The van der Waals surface area contributed by atoms with Crippen molar-refractivity contribution in [1.82, 2.24) is 25.3 Å². The van der Waals surface area contributed by atoms with Gasteiger partial charge in [-0.1, -0.05) is 43.3 Å². The number of nitrogens with one attached hydrogen (secondary N) is 1. The maximum atomic E-state index is 14.2. The van der Waals surface area contributed by atoms with E-state index in [0.29, 0.717) is 17.8 Å². The van der Waals surface area contributed by atoms with Gasteiger partial charge in [0.1, 0.15) is 12.0 Å². The molecule has 6 rings (SSSR count). The van der Waals surface area contributed by atoms with Gasteiger partial charge in [-0.2, -0.15) is 0 Å². The molecule has 3 aliphatic heterocycles. The Morgan fingerprint density at radius 3 is 2.43 bits per heavy atom. The topological polar surface area (TPSA) is 124 Å². The smallest absolute Gasteiger partial charge is 0.243 e. The number of carbonyl (C=O) groups excluding carboxylic acids is 2. The number of aryl methyl sites for hydroxylation is 1. The van der Waals surface area contributed by atoms with Crippen molar-refractivity contribution in [1.29, 1.82) is 0 Å². The van der Waals surface area contributed by atoms with Crippen LogP contribution in [0.25, 0.3) is 10.4 Å². The minimum Gasteiger partial charge on any atom is -0.391 e. The van der Waals surface area contributed by atoms with Crippen LogP contribution in [0.15, 0.2) is 40.4 Å². The molecule has 0 radical (unpaired) electrons. The highest BCUT2D eigenvalue weighted by atomic mass is 32.1. The molecular formula is C37H52N6O5S. The van der Waals surface area contributed by atoms with Gasteiger partial charge < -0.3 is 34.4 Å². The number of thiazole rings is 1. The Hall–Kier alpha value is -3.32. The predicted molar refractivity (Wildman–Crippen MR) is 190 cm³/mol. The molecule has 2 aromatic heterocycles. The number of methoxy groups -OCH3 is 1. The van der Waals surface area contributed by atoms with E-state index in [0.717, 1.165) is 85.9 Å². The van der Waals surface area contributed by atoms with Crippen molar-refractivity contribution in [3.63, 3.8) is 0 Å². The van der Waals surface area contributed by atoms with Crippen molar-refractivity contribution in [2.24, 2.45) is 11.8 Å². The van der Waals surface area contributed by atoms with Crippen molar-refractivity contribution >= 4 is 29.0 Å². The molecule has 2 N–H and O–H groups in total. The summed E-state index contributed by atoms with van der Waals surface area (Å²) in [6.07, 6.45) is 4.22. The zero-order chi connectivity index (χ0) is 34.7. The number of aliphatic hydroxyl groups excluding tert-OH is 1. The quantitative estimate of drug-likeness (QED) is 0.285. The molecule has 3 fully saturated rings. The summed E-state index contributed by atoms with van der Waals surface area (Å²) in [5.41, 5.74) is 4.89. The number of hydrogen-bond donors (Lipinski definition) is 2. The summed E-state index contributed by atoms with van der Waals surface area (Å²) in [6.45, 7) is 13.1. The van der Waals surface area contributed by atoms with Gasteiger partial charge in [0, 0.05) is 58.9 Å². The van der Waals surface area contributed by atoms with Crippen molar-refractivity contribution < 1.29 is 24.0 Å². The molecule has 266 valence electrons. The van der Waals surface area contributed by atoms with Crippen molar-refractivity contribution in [3.8, 4) is 10.4 Å². The standard InChI is InChI=1S/C37H52N6O5S/c1-23(2)34(32-19-33(40-48-32)42-16-10-26(11-17-42)20-41-14-12-30(47-5)13-15-41)37(46)43-21-29(44)18-31(43)36(45)39-24(3)27-6-8-28(9-7-27)35-25(4)38-22-49-35/h6-9,19,22-24,26,29-31,34,44H,10-18,20-21H2,1-5H3,(H,39,45)/t24-,29+,31-,34+/m0/s1. The van der Waals surface area contributed by atoms with Gasteiger partial charge in [-0.15, -0.1) is 11.3 Å². The predicted octanol–water partition coefficient (Wildman–Crippen LogP) is 5.01. The maximum Gasteiger partial charge on any atom is 0.243 e. The van der Waals surface area contributed by atoms with Crippen LogP contribution in [0.3, 0.4) is 0 Å². The maximum absolute atomic E-state index is 14.2. The Bertz CT molecular complexity index is 1540. The van der Waals surface area contributed by atoms with Gasteiger partial charge in [-0.05, 0) is 62.5 Å². The number of carbonyl (C=O) groups is 2. The lowest BCUT2D eigenvalue weighted by Gasteiger charge is -2.37. The fourth-order valence-corrected chi connectivity index (χ4v) is 8.54. The van der Waals surface area contributed by atoms with Crippen LogP contribution in [-0.4, -0.2) is 101 Å². The summed E-state index contributed by atoms with van der Waals surface area (Å²) < 4.78 is 11.4. The first-order valence-corrected chi connectivity index (χ1v) is 18.7. The lowest BCUT2D eigenvalue weighted by atomic mass is 9.91. The number of piperidine rings is 2. The second-order valence-corrected chi connectivity index (χ2v) is 15.3. The molecule has 5 heterocycles. The third kappa shape index (κ3) is 8.19. The average molecular weight is 693 g/mol. The molecular weight excluding hydrogens is 641 g/mol. The second-order valence-electron chi connectivity index (χ2n) is 14.5. The zero-order valence-corrected chi connectivity index (χ0v) is 30.3. The van der Waals surface area contributed by atoms with E-state index in [-0.39, 0.29) is 36.7 Å². The van der Waals surface area contributed by atoms with E-state index >= 15 is 0 Å². The number of benzene rings is 1. The van der Waals surface area contributed by atoms with E-state index in [4.69, 9.17) is 9.26 Å². The van der Waals surface area contributed by atoms with E-state index in [1.807, 2.05) is 70.6 Å². The van der Waals surface area contributed by atoms with Crippen molar-refractivity contribution in [2.75, 3.05) is 51.3 Å². The van der Waals surface area contributed by atoms with Crippen LogP contribution in [0.5, 0.6) is 0 Å². The first-order valence-electron chi connectivity index (χ1n) is 17.9. The highest BCUT2D eigenvalue weighted by Crippen LogP contribution is 2.34. The highest BCUT2D eigenvalue weighted by molar-refractivity contribution is 7.13. The fourth-order valence-electron chi connectivity index (χ4n) is 7.73. The summed E-state index contributed by atoms with van der Waals surface area (Å²) >= 11 is 1.60. The van der Waals surface area contributed by atoms with Gasteiger partial charge in [-0.25, -0.2) is 4.98 Å². The fraction of sp³-hybridized carbons (Fsp3) is 0.622. The van der Waals surface area contributed by atoms with Crippen molar-refractivity contribution in [3.05, 3.63) is 52.9 Å². The number of hydrogen-bond acceptors (Lipinski definition) is 10. The molecule has 11 nitrogen and oxygen atoms in total. The number of β-amino-alcohol motifs (C(OH)–C–C–N with tert-alkyl or cyclic N) is 1. The summed E-state index contributed by atoms with van der Waals surface area (Å²) in [5, 5.41) is 18.1. The van der Waals surface area contributed by atoms with E-state index in [1.54, 1.807) is 11.3 Å². The number of aliphatic hydroxyl groups is 1.